The van der Waals surface area contributed by atoms with Crippen LogP contribution in [0.4, 0.5) is 5.69 Å². The maximum Gasteiger partial charge on any atom is 0.338 e. The van der Waals surface area contributed by atoms with Gasteiger partial charge in [-0.2, -0.15) is 0 Å². The molecule has 0 fully saturated rings. The summed E-state index contributed by atoms with van der Waals surface area (Å²) in [6.45, 7) is -0.293. The molecule has 0 aliphatic heterocycles. The van der Waals surface area contributed by atoms with Crippen LogP contribution in [0.15, 0.2) is 47.4 Å². The largest absolute Gasteiger partial charge is 0.452 e. The van der Waals surface area contributed by atoms with E-state index in [0.717, 1.165) is 29.8 Å². The van der Waals surface area contributed by atoms with E-state index in [9.17, 15) is 9.59 Å². The molecule has 3 rings (SSSR count). The smallest absolute Gasteiger partial charge is 0.338 e. The molecule has 2 aromatic rings. The van der Waals surface area contributed by atoms with Crippen molar-refractivity contribution in [1.82, 2.24) is 0 Å². The summed E-state index contributed by atoms with van der Waals surface area (Å²) < 4.78 is 5.14. The van der Waals surface area contributed by atoms with Crippen molar-refractivity contribution < 1.29 is 14.3 Å². The second-order valence-electron chi connectivity index (χ2n) is 5.66. The van der Waals surface area contributed by atoms with Gasteiger partial charge in [0.1, 0.15) is 0 Å². The van der Waals surface area contributed by atoms with Crippen LogP contribution in [0.5, 0.6) is 0 Å². The molecule has 1 amide bonds. The first-order chi connectivity index (χ1) is 11.7. The Morgan fingerprint density at radius 3 is 2.75 bits per heavy atom. The molecule has 0 radical (unpaired) electrons. The van der Waals surface area contributed by atoms with Crippen LogP contribution in [0.3, 0.4) is 0 Å². The minimum Gasteiger partial charge on any atom is -0.452 e. The van der Waals surface area contributed by atoms with Gasteiger partial charge in [-0.05, 0) is 60.9 Å². The lowest BCUT2D eigenvalue weighted by molar-refractivity contribution is -0.119. The summed E-state index contributed by atoms with van der Waals surface area (Å²) in [4.78, 5) is 25.1. The number of hydrogen-bond acceptors (Lipinski definition) is 4. The number of rotatable bonds is 5. The normalized spacial score (nSPS) is 12.5. The molecule has 0 spiro atoms. The summed E-state index contributed by atoms with van der Waals surface area (Å²) in [5, 5.41) is 2.77. The number of ether oxygens (including phenoxy) is 1. The fourth-order valence-electron chi connectivity index (χ4n) is 2.85. The molecule has 1 N–H and O–H groups in total. The maximum atomic E-state index is 12.1. The van der Waals surface area contributed by atoms with Gasteiger partial charge in [-0.25, -0.2) is 4.79 Å². The van der Waals surface area contributed by atoms with E-state index in [1.165, 1.54) is 11.1 Å². The van der Waals surface area contributed by atoms with Crippen molar-refractivity contribution in [3.8, 4) is 0 Å². The average molecular weight is 341 g/mol. The summed E-state index contributed by atoms with van der Waals surface area (Å²) in [6.07, 6.45) is 5.15. The van der Waals surface area contributed by atoms with Crippen LogP contribution in [0.25, 0.3) is 0 Å². The highest BCUT2D eigenvalue weighted by atomic mass is 32.2. The highest BCUT2D eigenvalue weighted by molar-refractivity contribution is 7.98. The summed E-state index contributed by atoms with van der Waals surface area (Å²) >= 11 is 1.55. The van der Waals surface area contributed by atoms with Crippen LogP contribution in [0, 0.1) is 0 Å². The Balaban J connectivity index is 1.57. The average Bonchev–Trinajstić information content (AvgIpc) is 3.07. The van der Waals surface area contributed by atoms with Gasteiger partial charge in [-0.3, -0.25) is 4.79 Å². The Kier molecular flexibility index (Phi) is 5.20. The van der Waals surface area contributed by atoms with E-state index in [-0.39, 0.29) is 12.5 Å². The first-order valence-electron chi connectivity index (χ1n) is 7.89. The number of carbonyl (C=O) groups excluding carboxylic acids is 2. The molecule has 0 heterocycles. The maximum absolute atomic E-state index is 12.1. The number of benzene rings is 2. The van der Waals surface area contributed by atoms with Crippen LogP contribution < -0.4 is 5.32 Å². The van der Waals surface area contributed by atoms with Crippen molar-refractivity contribution in [2.75, 3.05) is 18.2 Å². The fourth-order valence-corrected chi connectivity index (χ4v) is 3.40. The van der Waals surface area contributed by atoms with Gasteiger partial charge in [0.25, 0.3) is 5.91 Å². The Hall–Kier alpha value is -2.27. The Bertz CT molecular complexity index is 773. The van der Waals surface area contributed by atoms with E-state index in [4.69, 9.17) is 4.74 Å². The zero-order valence-corrected chi connectivity index (χ0v) is 14.3. The third kappa shape index (κ3) is 3.79. The van der Waals surface area contributed by atoms with Gasteiger partial charge in [0, 0.05) is 4.90 Å². The number of anilines is 1. The van der Waals surface area contributed by atoms with Gasteiger partial charge < -0.3 is 10.1 Å². The number of amides is 1. The highest BCUT2D eigenvalue weighted by Gasteiger charge is 2.16. The number of aryl methyl sites for hydroxylation is 2. The topological polar surface area (TPSA) is 55.4 Å². The van der Waals surface area contributed by atoms with Crippen LogP contribution >= 0.6 is 11.8 Å². The quantitative estimate of drug-likeness (QED) is 0.666. The molecule has 5 heteroatoms. The molecule has 0 bridgehead atoms. The summed E-state index contributed by atoms with van der Waals surface area (Å²) in [6, 6.07) is 13.1. The van der Waals surface area contributed by atoms with Crippen molar-refractivity contribution >= 4 is 29.3 Å². The summed E-state index contributed by atoms with van der Waals surface area (Å²) in [5.74, 6) is -0.802. The number of hydrogen-bond donors (Lipinski definition) is 1. The van der Waals surface area contributed by atoms with E-state index in [2.05, 4.69) is 5.32 Å². The Morgan fingerprint density at radius 2 is 1.92 bits per heavy atom. The third-order valence-corrected chi connectivity index (χ3v) is 4.85. The Morgan fingerprint density at radius 1 is 1.12 bits per heavy atom. The lowest BCUT2D eigenvalue weighted by Gasteiger charge is -2.10. The molecule has 0 saturated carbocycles. The number of para-hydroxylation sites is 1. The minimum atomic E-state index is -0.460. The molecular formula is C19H19NO3S. The van der Waals surface area contributed by atoms with Crippen molar-refractivity contribution in [2.45, 2.75) is 24.2 Å². The van der Waals surface area contributed by atoms with E-state index in [1.807, 2.05) is 42.7 Å². The molecule has 1 aliphatic carbocycles. The predicted octanol–water partition coefficient (Wildman–Crippen LogP) is 3.69. The predicted molar refractivity (Wildman–Crippen MR) is 95.6 cm³/mol. The Labute approximate surface area is 145 Å². The summed E-state index contributed by atoms with van der Waals surface area (Å²) in [5.41, 5.74) is 3.75. The molecule has 2 aromatic carbocycles. The van der Waals surface area contributed by atoms with Crippen LogP contribution in [0.2, 0.25) is 0 Å². The lowest BCUT2D eigenvalue weighted by atomic mass is 10.1. The molecule has 0 saturated heterocycles. The van der Waals surface area contributed by atoms with Crippen LogP contribution in [0.1, 0.15) is 27.9 Å². The van der Waals surface area contributed by atoms with E-state index in [1.54, 1.807) is 17.8 Å². The number of fused-ring (bicyclic) bond motifs is 1. The molecular weight excluding hydrogens is 322 g/mol. The molecule has 0 unspecified atom stereocenters. The second kappa shape index (κ2) is 7.53. The standard InChI is InChI=1S/C19H19NO3S/c1-24-17-8-3-2-7-16(17)20-18(21)12-23-19(22)15-10-9-13-5-4-6-14(13)11-15/h2-3,7-11H,4-6,12H2,1H3,(H,20,21). The van der Waals surface area contributed by atoms with Gasteiger partial charge in [0.15, 0.2) is 6.61 Å². The van der Waals surface area contributed by atoms with Gasteiger partial charge in [0.05, 0.1) is 11.3 Å². The number of nitrogens with one attached hydrogen (secondary N) is 1. The molecule has 1 aliphatic rings. The minimum absolute atomic E-state index is 0.293. The lowest BCUT2D eigenvalue weighted by Crippen LogP contribution is -2.21. The van der Waals surface area contributed by atoms with Gasteiger partial charge in [0.2, 0.25) is 0 Å². The summed E-state index contributed by atoms with van der Waals surface area (Å²) in [7, 11) is 0. The van der Waals surface area contributed by atoms with Gasteiger partial charge in [-0.1, -0.05) is 18.2 Å². The second-order valence-corrected chi connectivity index (χ2v) is 6.51. The van der Waals surface area contributed by atoms with Crippen LogP contribution in [-0.2, 0) is 22.4 Å². The van der Waals surface area contributed by atoms with Gasteiger partial charge >= 0.3 is 5.97 Å². The molecule has 124 valence electrons. The fraction of sp³-hybridized carbons (Fsp3) is 0.263. The monoisotopic (exact) mass is 341 g/mol. The third-order valence-electron chi connectivity index (χ3n) is 4.05. The van der Waals surface area contributed by atoms with E-state index in [0.29, 0.717) is 5.56 Å². The number of esters is 1. The van der Waals surface area contributed by atoms with Crippen LogP contribution in [-0.4, -0.2) is 24.7 Å². The first kappa shape index (κ1) is 16.6. The number of carbonyl (C=O) groups is 2. The van der Waals surface area contributed by atoms with Crippen molar-refractivity contribution in [3.63, 3.8) is 0 Å². The molecule has 24 heavy (non-hydrogen) atoms. The van der Waals surface area contributed by atoms with E-state index >= 15 is 0 Å². The molecule has 4 nitrogen and oxygen atoms in total. The van der Waals surface area contributed by atoms with Crippen molar-refractivity contribution in [1.29, 1.82) is 0 Å². The zero-order chi connectivity index (χ0) is 16.9. The molecule has 0 aromatic heterocycles. The van der Waals surface area contributed by atoms with Gasteiger partial charge in [-0.15, -0.1) is 11.8 Å². The zero-order valence-electron chi connectivity index (χ0n) is 13.5. The van der Waals surface area contributed by atoms with Crippen molar-refractivity contribution in [2.24, 2.45) is 0 Å². The van der Waals surface area contributed by atoms with Crippen molar-refractivity contribution in [3.05, 3.63) is 59.2 Å². The molecule has 0 atom stereocenters. The number of thioether (sulfide) groups is 1. The highest BCUT2D eigenvalue weighted by Crippen LogP contribution is 2.25. The first-order valence-corrected chi connectivity index (χ1v) is 9.11. The SMILES string of the molecule is CSc1ccccc1NC(=O)COC(=O)c1ccc2c(c1)CCC2. The van der Waals surface area contributed by atoms with E-state index < -0.39 is 5.97 Å².